The van der Waals surface area contributed by atoms with Gasteiger partial charge in [0.15, 0.2) is 0 Å². The minimum Gasteiger partial charge on any atom is -0.492 e. The Labute approximate surface area is 147 Å². The molecule has 1 aliphatic heterocycles. The first-order valence-electron chi connectivity index (χ1n) is 8.43. The van der Waals surface area contributed by atoms with Gasteiger partial charge in [-0.25, -0.2) is 0 Å². The van der Waals surface area contributed by atoms with Crippen molar-refractivity contribution in [2.45, 2.75) is 38.5 Å². The molecule has 0 aromatic heterocycles. The Morgan fingerprint density at radius 1 is 1.29 bits per heavy atom. The van der Waals surface area contributed by atoms with Crippen LogP contribution < -0.4 is 4.74 Å². The third kappa shape index (κ3) is 6.04. The van der Waals surface area contributed by atoms with Crippen molar-refractivity contribution in [3.8, 4) is 5.75 Å². The van der Waals surface area contributed by atoms with Crippen LogP contribution >= 0.6 is 11.6 Å². The van der Waals surface area contributed by atoms with E-state index >= 15 is 0 Å². The molecule has 5 nitrogen and oxygen atoms in total. The summed E-state index contributed by atoms with van der Waals surface area (Å²) in [5.41, 5.74) is 0. The van der Waals surface area contributed by atoms with Gasteiger partial charge in [-0.2, -0.15) is 0 Å². The number of rotatable bonds is 8. The topological polar surface area (TPSA) is 66.8 Å². The molecule has 1 N–H and O–H groups in total. The molecular weight excluding hydrogens is 330 g/mol. The van der Waals surface area contributed by atoms with Gasteiger partial charge in [0.25, 0.3) is 0 Å². The van der Waals surface area contributed by atoms with Crippen LogP contribution in [0, 0.1) is 5.92 Å². The number of halogens is 1. The first-order valence-corrected chi connectivity index (χ1v) is 8.81. The first kappa shape index (κ1) is 18.6. The van der Waals surface area contributed by atoms with Crippen LogP contribution in [0.2, 0.25) is 5.02 Å². The van der Waals surface area contributed by atoms with Gasteiger partial charge in [-0.05, 0) is 43.7 Å². The van der Waals surface area contributed by atoms with Gasteiger partial charge in [0.1, 0.15) is 5.75 Å². The normalized spacial score (nSPS) is 17.5. The van der Waals surface area contributed by atoms with Crippen molar-refractivity contribution < 1.29 is 19.4 Å². The summed E-state index contributed by atoms with van der Waals surface area (Å²) in [6, 6.07) is 7.28. The molecule has 2 rings (SSSR count). The monoisotopic (exact) mass is 353 g/mol. The molecule has 132 valence electrons. The molecule has 24 heavy (non-hydrogen) atoms. The maximum Gasteiger partial charge on any atom is 0.303 e. The molecule has 1 heterocycles. The molecule has 1 fully saturated rings. The SMILES string of the molecule is O=C(O)CCC1CCCN(C(=O)CCCOc2ccccc2Cl)C1. The molecule has 0 radical (unpaired) electrons. The number of hydrogen-bond acceptors (Lipinski definition) is 3. The highest BCUT2D eigenvalue weighted by atomic mass is 35.5. The number of aliphatic carboxylic acids is 1. The average Bonchev–Trinajstić information content (AvgIpc) is 2.58. The summed E-state index contributed by atoms with van der Waals surface area (Å²) in [5, 5.41) is 9.34. The Hall–Kier alpha value is -1.75. The molecule has 1 aliphatic rings. The zero-order chi connectivity index (χ0) is 17.4. The minimum atomic E-state index is -0.768. The lowest BCUT2D eigenvalue weighted by Crippen LogP contribution is -2.40. The number of hydrogen-bond donors (Lipinski definition) is 1. The number of para-hydroxylation sites is 1. The summed E-state index contributed by atoms with van der Waals surface area (Å²) >= 11 is 6.01. The number of likely N-dealkylation sites (tertiary alicyclic amines) is 1. The van der Waals surface area contributed by atoms with Crippen LogP contribution in [0.5, 0.6) is 5.75 Å². The second-order valence-corrected chi connectivity index (χ2v) is 6.57. The van der Waals surface area contributed by atoms with Crippen LogP contribution in [0.25, 0.3) is 0 Å². The fraction of sp³-hybridized carbons (Fsp3) is 0.556. The molecular formula is C18H24ClNO4. The van der Waals surface area contributed by atoms with Crippen molar-refractivity contribution in [2.24, 2.45) is 5.92 Å². The van der Waals surface area contributed by atoms with Gasteiger partial charge in [0.05, 0.1) is 11.6 Å². The summed E-state index contributed by atoms with van der Waals surface area (Å²) in [6.45, 7) is 1.90. The standard InChI is InChI=1S/C18H24ClNO4/c19-15-6-1-2-7-16(15)24-12-4-8-17(21)20-11-3-5-14(13-20)9-10-18(22)23/h1-2,6-7,14H,3-5,8-13H2,(H,22,23). The molecule has 0 aliphatic carbocycles. The van der Waals surface area contributed by atoms with Crippen LogP contribution in [0.15, 0.2) is 24.3 Å². The number of carbonyl (C=O) groups excluding carboxylic acids is 1. The highest BCUT2D eigenvalue weighted by Gasteiger charge is 2.23. The Bertz CT molecular complexity index is 564. The molecule has 1 unspecified atom stereocenters. The van der Waals surface area contributed by atoms with Crippen molar-refractivity contribution in [2.75, 3.05) is 19.7 Å². The molecule has 0 bridgehead atoms. The van der Waals surface area contributed by atoms with Crippen LogP contribution in [0.3, 0.4) is 0 Å². The predicted molar refractivity (Wildman–Crippen MR) is 92.4 cm³/mol. The number of carboxylic acid groups (broad SMARTS) is 1. The highest BCUT2D eigenvalue weighted by Crippen LogP contribution is 2.24. The number of carbonyl (C=O) groups is 2. The minimum absolute atomic E-state index is 0.123. The molecule has 0 saturated carbocycles. The second-order valence-electron chi connectivity index (χ2n) is 6.16. The van der Waals surface area contributed by atoms with Crippen LogP contribution in [0.1, 0.15) is 38.5 Å². The van der Waals surface area contributed by atoms with E-state index in [9.17, 15) is 9.59 Å². The van der Waals surface area contributed by atoms with Crippen LogP contribution in [0.4, 0.5) is 0 Å². The molecule has 1 atom stereocenters. The lowest BCUT2D eigenvalue weighted by molar-refractivity contribution is -0.137. The first-order chi connectivity index (χ1) is 11.6. The number of carboxylic acids is 1. The van der Waals surface area contributed by atoms with Crippen molar-refractivity contribution >= 4 is 23.5 Å². The third-order valence-electron chi connectivity index (χ3n) is 4.27. The Morgan fingerprint density at radius 3 is 2.83 bits per heavy atom. The Kier molecular flexibility index (Phi) is 7.37. The van der Waals surface area contributed by atoms with E-state index in [1.165, 1.54) is 0 Å². The number of benzene rings is 1. The van der Waals surface area contributed by atoms with Gasteiger partial charge in [0, 0.05) is 25.9 Å². The number of piperidine rings is 1. The van der Waals surface area contributed by atoms with Crippen molar-refractivity contribution in [3.63, 3.8) is 0 Å². The van der Waals surface area contributed by atoms with Gasteiger partial charge in [-0.15, -0.1) is 0 Å². The smallest absolute Gasteiger partial charge is 0.303 e. The van der Waals surface area contributed by atoms with Gasteiger partial charge in [-0.3, -0.25) is 9.59 Å². The summed E-state index contributed by atoms with van der Waals surface area (Å²) < 4.78 is 5.59. The van der Waals surface area contributed by atoms with E-state index in [1.807, 2.05) is 23.1 Å². The molecule has 1 amide bonds. The molecule has 1 aromatic rings. The lowest BCUT2D eigenvalue weighted by Gasteiger charge is -2.32. The lowest BCUT2D eigenvalue weighted by atomic mass is 9.93. The summed E-state index contributed by atoms with van der Waals surface area (Å²) in [6.07, 6.45) is 3.86. The number of ether oxygens (including phenoxy) is 1. The zero-order valence-electron chi connectivity index (χ0n) is 13.7. The summed E-state index contributed by atoms with van der Waals surface area (Å²) in [7, 11) is 0. The fourth-order valence-electron chi connectivity index (χ4n) is 2.98. The number of nitrogens with zero attached hydrogens (tertiary/aromatic N) is 1. The highest BCUT2D eigenvalue weighted by molar-refractivity contribution is 6.32. The van der Waals surface area contributed by atoms with Crippen molar-refractivity contribution in [1.29, 1.82) is 0 Å². The molecule has 1 saturated heterocycles. The predicted octanol–water partition coefficient (Wildman–Crippen LogP) is 3.60. The van der Waals surface area contributed by atoms with Gasteiger partial charge >= 0.3 is 5.97 Å². The quantitative estimate of drug-likeness (QED) is 0.725. The molecule has 1 aromatic carbocycles. The van der Waals surface area contributed by atoms with Gasteiger partial charge in [0.2, 0.25) is 5.91 Å². The zero-order valence-corrected chi connectivity index (χ0v) is 14.5. The summed E-state index contributed by atoms with van der Waals surface area (Å²) in [5.74, 6) is 0.296. The van der Waals surface area contributed by atoms with Crippen LogP contribution in [-0.2, 0) is 9.59 Å². The van der Waals surface area contributed by atoms with E-state index in [0.29, 0.717) is 49.1 Å². The van der Waals surface area contributed by atoms with E-state index in [-0.39, 0.29) is 12.3 Å². The largest absolute Gasteiger partial charge is 0.492 e. The third-order valence-corrected chi connectivity index (χ3v) is 4.58. The van der Waals surface area contributed by atoms with E-state index in [4.69, 9.17) is 21.4 Å². The fourth-order valence-corrected chi connectivity index (χ4v) is 3.17. The van der Waals surface area contributed by atoms with Crippen molar-refractivity contribution in [3.05, 3.63) is 29.3 Å². The number of amides is 1. The maximum absolute atomic E-state index is 12.3. The van der Waals surface area contributed by atoms with Crippen molar-refractivity contribution in [1.82, 2.24) is 4.90 Å². The van der Waals surface area contributed by atoms with Crippen LogP contribution in [-0.4, -0.2) is 41.6 Å². The van der Waals surface area contributed by atoms with E-state index in [2.05, 4.69) is 0 Å². The molecule has 6 heteroatoms. The maximum atomic E-state index is 12.3. The van der Waals surface area contributed by atoms with Gasteiger partial charge < -0.3 is 14.7 Å². The Balaban J connectivity index is 1.68. The van der Waals surface area contributed by atoms with E-state index in [1.54, 1.807) is 6.07 Å². The second kappa shape index (κ2) is 9.52. The average molecular weight is 354 g/mol. The van der Waals surface area contributed by atoms with E-state index in [0.717, 1.165) is 19.4 Å². The Morgan fingerprint density at radius 2 is 2.08 bits per heavy atom. The molecule has 0 spiro atoms. The summed E-state index contributed by atoms with van der Waals surface area (Å²) in [4.78, 5) is 24.8. The van der Waals surface area contributed by atoms with E-state index < -0.39 is 5.97 Å². The van der Waals surface area contributed by atoms with Gasteiger partial charge in [-0.1, -0.05) is 23.7 Å².